The van der Waals surface area contributed by atoms with E-state index in [1.807, 2.05) is 0 Å². The van der Waals surface area contributed by atoms with E-state index in [0.717, 1.165) is 25.9 Å². The Hall–Kier alpha value is -0.840. The molecule has 0 aromatic heterocycles. The topological polar surface area (TPSA) is 41.3 Å². The summed E-state index contributed by atoms with van der Waals surface area (Å²) in [7, 11) is 2.07. The number of benzene rings is 1. The molecule has 1 aromatic rings. The second-order valence-electron chi connectivity index (χ2n) is 5.07. The summed E-state index contributed by atoms with van der Waals surface area (Å²) in [5.41, 5.74) is 6.32. The molecule has 1 fully saturated rings. The van der Waals surface area contributed by atoms with Crippen LogP contribution in [-0.4, -0.2) is 37.1 Å². The quantitative estimate of drug-likeness (QED) is 0.887. The lowest BCUT2D eigenvalue weighted by Gasteiger charge is -2.42. The summed E-state index contributed by atoms with van der Waals surface area (Å²) in [4.78, 5) is 2.23. The molecule has 0 amide bonds. The molecule has 3 nitrogen and oxygen atoms in total. The van der Waals surface area contributed by atoms with Crippen LogP contribution in [0.4, 0.5) is 10.1 Å². The number of nitrogens with zero attached hydrogens (tertiary/aromatic N) is 1. The number of hydrogen-bond acceptors (Lipinski definition) is 3. The molecule has 1 aliphatic rings. The van der Waals surface area contributed by atoms with Crippen LogP contribution in [-0.2, 0) is 0 Å². The Bertz CT molecular complexity index is 427. The lowest BCUT2D eigenvalue weighted by Crippen LogP contribution is -2.56. The Balaban J connectivity index is 2.21. The Morgan fingerprint density at radius 2 is 2.33 bits per heavy atom. The summed E-state index contributed by atoms with van der Waals surface area (Å²) in [6, 6.07) is 4.35. The van der Waals surface area contributed by atoms with Gasteiger partial charge in [-0.15, -0.1) is 0 Å². The first-order valence-electron chi connectivity index (χ1n) is 6.16. The smallest absolute Gasteiger partial charge is 0.125 e. The highest BCUT2D eigenvalue weighted by molar-refractivity contribution is 6.33. The van der Waals surface area contributed by atoms with Crippen molar-refractivity contribution in [3.05, 3.63) is 29.0 Å². The molecule has 18 heavy (non-hydrogen) atoms. The Morgan fingerprint density at radius 1 is 1.56 bits per heavy atom. The lowest BCUT2D eigenvalue weighted by molar-refractivity contribution is 0.198. The van der Waals surface area contributed by atoms with Gasteiger partial charge in [-0.1, -0.05) is 11.6 Å². The SMILES string of the molecule is CN1CCCC(CN)(Nc2cc(F)ccc2Cl)C1. The highest BCUT2D eigenvalue weighted by Crippen LogP contribution is 2.29. The summed E-state index contributed by atoms with van der Waals surface area (Å²) in [5, 5.41) is 3.87. The molecule has 0 bridgehead atoms. The van der Waals surface area contributed by atoms with Gasteiger partial charge in [-0.05, 0) is 44.6 Å². The van der Waals surface area contributed by atoms with Crippen molar-refractivity contribution in [2.45, 2.75) is 18.4 Å². The number of rotatable bonds is 3. The van der Waals surface area contributed by atoms with Gasteiger partial charge in [-0.2, -0.15) is 0 Å². The molecule has 5 heteroatoms. The Morgan fingerprint density at radius 3 is 3.00 bits per heavy atom. The molecular formula is C13H19ClFN3. The minimum atomic E-state index is -0.293. The molecule has 1 saturated heterocycles. The van der Waals surface area contributed by atoms with Gasteiger partial charge < -0.3 is 16.0 Å². The standard InChI is InChI=1S/C13H19ClFN3/c1-18-6-2-5-13(8-16,9-18)17-12-7-10(15)3-4-11(12)14/h3-4,7,17H,2,5-6,8-9,16H2,1H3. The molecule has 1 heterocycles. The predicted octanol–water partition coefficient (Wildman–Crippen LogP) is 2.31. The van der Waals surface area contributed by atoms with Crippen molar-refractivity contribution < 1.29 is 4.39 Å². The fraction of sp³-hybridized carbons (Fsp3) is 0.538. The van der Waals surface area contributed by atoms with Crippen LogP contribution >= 0.6 is 11.6 Å². The normalized spacial score (nSPS) is 25.1. The number of hydrogen-bond donors (Lipinski definition) is 2. The molecule has 1 atom stereocenters. The first-order valence-corrected chi connectivity index (χ1v) is 6.54. The Labute approximate surface area is 112 Å². The van der Waals surface area contributed by atoms with Gasteiger partial charge in [0.1, 0.15) is 5.82 Å². The molecule has 0 spiro atoms. The van der Waals surface area contributed by atoms with Crippen molar-refractivity contribution in [2.75, 3.05) is 32.0 Å². The summed E-state index contributed by atoms with van der Waals surface area (Å²) < 4.78 is 13.3. The van der Waals surface area contributed by atoms with E-state index in [9.17, 15) is 4.39 Å². The van der Waals surface area contributed by atoms with Gasteiger partial charge in [0.25, 0.3) is 0 Å². The number of likely N-dealkylation sites (tertiary alicyclic amines) is 1. The number of piperidine rings is 1. The number of nitrogens with two attached hydrogens (primary N) is 1. The second-order valence-corrected chi connectivity index (χ2v) is 5.48. The van der Waals surface area contributed by atoms with E-state index in [4.69, 9.17) is 17.3 Å². The molecule has 1 aliphatic heterocycles. The van der Waals surface area contributed by atoms with Crippen LogP contribution in [0.5, 0.6) is 0 Å². The first-order chi connectivity index (χ1) is 8.54. The van der Waals surface area contributed by atoms with E-state index >= 15 is 0 Å². The van der Waals surface area contributed by atoms with Crippen LogP contribution < -0.4 is 11.1 Å². The van der Waals surface area contributed by atoms with Crippen molar-refractivity contribution in [3.8, 4) is 0 Å². The molecular weight excluding hydrogens is 253 g/mol. The fourth-order valence-corrected chi connectivity index (χ4v) is 2.73. The van der Waals surface area contributed by atoms with Crippen molar-refractivity contribution in [1.82, 2.24) is 4.90 Å². The van der Waals surface area contributed by atoms with E-state index in [1.54, 1.807) is 6.07 Å². The monoisotopic (exact) mass is 271 g/mol. The van der Waals surface area contributed by atoms with E-state index in [2.05, 4.69) is 17.3 Å². The van der Waals surface area contributed by atoms with Crippen LogP contribution in [0, 0.1) is 5.82 Å². The maximum Gasteiger partial charge on any atom is 0.125 e. The molecule has 0 radical (unpaired) electrons. The third kappa shape index (κ3) is 2.94. The number of nitrogens with one attached hydrogen (secondary N) is 1. The maximum atomic E-state index is 13.3. The lowest BCUT2D eigenvalue weighted by atomic mass is 9.89. The van der Waals surface area contributed by atoms with Gasteiger partial charge in [0.2, 0.25) is 0 Å². The molecule has 2 rings (SSSR count). The minimum absolute atomic E-state index is 0.218. The number of likely N-dealkylation sites (N-methyl/N-ethyl adjacent to an activating group) is 1. The number of halogens is 2. The van der Waals surface area contributed by atoms with Gasteiger partial charge in [-0.3, -0.25) is 0 Å². The molecule has 3 N–H and O–H groups in total. The van der Waals surface area contributed by atoms with Gasteiger partial charge in [-0.25, -0.2) is 4.39 Å². The van der Waals surface area contributed by atoms with Crippen molar-refractivity contribution >= 4 is 17.3 Å². The summed E-state index contributed by atoms with van der Waals surface area (Å²) in [6.07, 6.45) is 2.05. The maximum absolute atomic E-state index is 13.3. The van der Waals surface area contributed by atoms with Gasteiger partial charge in [0, 0.05) is 13.1 Å². The van der Waals surface area contributed by atoms with Crippen LogP contribution in [0.3, 0.4) is 0 Å². The molecule has 1 aromatic carbocycles. The van der Waals surface area contributed by atoms with Crippen molar-refractivity contribution in [2.24, 2.45) is 5.73 Å². The zero-order valence-corrected chi connectivity index (χ0v) is 11.3. The van der Waals surface area contributed by atoms with Crippen LogP contribution in [0.25, 0.3) is 0 Å². The van der Waals surface area contributed by atoms with Crippen molar-refractivity contribution in [1.29, 1.82) is 0 Å². The third-order valence-electron chi connectivity index (χ3n) is 3.49. The van der Waals surface area contributed by atoms with Crippen LogP contribution in [0.1, 0.15) is 12.8 Å². The summed E-state index contributed by atoms with van der Waals surface area (Å²) in [5.74, 6) is -0.293. The molecule has 1 unspecified atom stereocenters. The average molecular weight is 272 g/mol. The van der Waals surface area contributed by atoms with Crippen molar-refractivity contribution in [3.63, 3.8) is 0 Å². The molecule has 0 saturated carbocycles. The van der Waals surface area contributed by atoms with E-state index in [-0.39, 0.29) is 11.4 Å². The largest absolute Gasteiger partial charge is 0.376 e. The molecule has 100 valence electrons. The highest BCUT2D eigenvalue weighted by Gasteiger charge is 2.33. The predicted molar refractivity (Wildman–Crippen MR) is 73.5 cm³/mol. The second kappa shape index (κ2) is 5.43. The zero-order chi connectivity index (χ0) is 13.2. The number of anilines is 1. The average Bonchev–Trinajstić information content (AvgIpc) is 2.34. The summed E-state index contributed by atoms with van der Waals surface area (Å²) in [6.45, 7) is 2.42. The minimum Gasteiger partial charge on any atom is -0.376 e. The van der Waals surface area contributed by atoms with Crippen LogP contribution in [0.2, 0.25) is 5.02 Å². The summed E-state index contributed by atoms with van der Waals surface area (Å²) >= 11 is 6.09. The fourth-order valence-electron chi connectivity index (χ4n) is 2.56. The van der Waals surface area contributed by atoms with E-state index in [1.165, 1.54) is 12.1 Å². The van der Waals surface area contributed by atoms with Gasteiger partial charge >= 0.3 is 0 Å². The van der Waals surface area contributed by atoms with Gasteiger partial charge in [0.15, 0.2) is 0 Å². The van der Waals surface area contributed by atoms with E-state index in [0.29, 0.717) is 17.3 Å². The third-order valence-corrected chi connectivity index (χ3v) is 3.82. The first kappa shape index (κ1) is 13.6. The Kier molecular flexibility index (Phi) is 4.10. The highest BCUT2D eigenvalue weighted by atomic mass is 35.5. The molecule has 0 aliphatic carbocycles. The zero-order valence-electron chi connectivity index (χ0n) is 10.5. The van der Waals surface area contributed by atoms with Gasteiger partial charge in [0.05, 0.1) is 16.2 Å². The van der Waals surface area contributed by atoms with Crippen LogP contribution in [0.15, 0.2) is 18.2 Å². The van der Waals surface area contributed by atoms with E-state index < -0.39 is 0 Å².